The SMILES string of the molecule is CC(=O)Nc1cccc(OCC(=O)Nc2cc(Cl)c(Cl)cc2Cl)c1. The summed E-state index contributed by atoms with van der Waals surface area (Å²) in [5.74, 6) is -0.170. The average molecular weight is 388 g/mol. The lowest BCUT2D eigenvalue weighted by molar-refractivity contribution is -0.118. The highest BCUT2D eigenvalue weighted by molar-refractivity contribution is 6.44. The summed E-state index contributed by atoms with van der Waals surface area (Å²) in [6, 6.07) is 9.60. The van der Waals surface area contributed by atoms with Gasteiger partial charge in [0.1, 0.15) is 5.75 Å². The number of ether oxygens (including phenoxy) is 1. The summed E-state index contributed by atoms with van der Waals surface area (Å²) in [5, 5.41) is 6.06. The molecule has 2 rings (SSSR count). The third-order valence-corrected chi connectivity index (χ3v) is 3.84. The topological polar surface area (TPSA) is 67.4 Å². The zero-order chi connectivity index (χ0) is 17.7. The van der Waals surface area contributed by atoms with Gasteiger partial charge in [0.25, 0.3) is 5.91 Å². The van der Waals surface area contributed by atoms with Crippen LogP contribution in [-0.4, -0.2) is 18.4 Å². The molecular formula is C16H13Cl3N2O3. The van der Waals surface area contributed by atoms with Crippen molar-refractivity contribution in [3.05, 3.63) is 51.5 Å². The van der Waals surface area contributed by atoms with Crippen LogP contribution < -0.4 is 15.4 Å². The highest BCUT2D eigenvalue weighted by Gasteiger charge is 2.10. The van der Waals surface area contributed by atoms with Crippen molar-refractivity contribution in [2.75, 3.05) is 17.2 Å². The van der Waals surface area contributed by atoms with Gasteiger partial charge in [0.05, 0.1) is 20.8 Å². The van der Waals surface area contributed by atoms with E-state index in [0.29, 0.717) is 22.1 Å². The van der Waals surface area contributed by atoms with Gasteiger partial charge >= 0.3 is 0 Å². The molecule has 0 bridgehead atoms. The van der Waals surface area contributed by atoms with Crippen LogP contribution in [-0.2, 0) is 9.59 Å². The first-order valence-electron chi connectivity index (χ1n) is 6.80. The average Bonchev–Trinajstić information content (AvgIpc) is 2.50. The van der Waals surface area contributed by atoms with Gasteiger partial charge in [0, 0.05) is 18.7 Å². The van der Waals surface area contributed by atoms with E-state index in [4.69, 9.17) is 39.5 Å². The van der Waals surface area contributed by atoms with E-state index in [1.165, 1.54) is 19.1 Å². The molecule has 0 fully saturated rings. The van der Waals surface area contributed by atoms with Crippen LogP contribution in [0.2, 0.25) is 15.1 Å². The number of hydrogen-bond donors (Lipinski definition) is 2. The molecule has 2 N–H and O–H groups in total. The van der Waals surface area contributed by atoms with Crippen molar-refractivity contribution in [1.82, 2.24) is 0 Å². The van der Waals surface area contributed by atoms with Gasteiger partial charge in [0.2, 0.25) is 5.91 Å². The van der Waals surface area contributed by atoms with Crippen LogP contribution in [0.15, 0.2) is 36.4 Å². The van der Waals surface area contributed by atoms with E-state index in [-0.39, 0.29) is 22.6 Å². The largest absolute Gasteiger partial charge is 0.484 e. The number of nitrogens with one attached hydrogen (secondary N) is 2. The van der Waals surface area contributed by atoms with Crippen molar-refractivity contribution in [2.24, 2.45) is 0 Å². The number of benzene rings is 2. The number of carbonyl (C=O) groups is 2. The second-order valence-corrected chi connectivity index (χ2v) is 6.01. The summed E-state index contributed by atoms with van der Waals surface area (Å²) in [5.41, 5.74) is 0.916. The van der Waals surface area contributed by atoms with Gasteiger partial charge < -0.3 is 15.4 Å². The number of amides is 2. The Balaban J connectivity index is 1.96. The summed E-state index contributed by atoms with van der Waals surface area (Å²) in [7, 11) is 0. The van der Waals surface area contributed by atoms with Gasteiger partial charge in [-0.2, -0.15) is 0 Å². The standard InChI is InChI=1S/C16H13Cl3N2O3/c1-9(22)20-10-3-2-4-11(5-10)24-8-16(23)21-15-7-13(18)12(17)6-14(15)19/h2-7H,8H2,1H3,(H,20,22)(H,21,23). The molecular weight excluding hydrogens is 375 g/mol. The number of hydrogen-bond acceptors (Lipinski definition) is 3. The van der Waals surface area contributed by atoms with Gasteiger partial charge in [-0.1, -0.05) is 40.9 Å². The maximum Gasteiger partial charge on any atom is 0.262 e. The maximum atomic E-state index is 12.0. The minimum atomic E-state index is -0.416. The molecule has 0 aliphatic heterocycles. The van der Waals surface area contributed by atoms with E-state index in [1.54, 1.807) is 24.3 Å². The fourth-order valence-corrected chi connectivity index (χ4v) is 2.41. The van der Waals surface area contributed by atoms with Crippen molar-refractivity contribution in [1.29, 1.82) is 0 Å². The van der Waals surface area contributed by atoms with Crippen molar-refractivity contribution in [3.63, 3.8) is 0 Å². The van der Waals surface area contributed by atoms with Crippen molar-refractivity contribution < 1.29 is 14.3 Å². The highest BCUT2D eigenvalue weighted by atomic mass is 35.5. The summed E-state index contributed by atoms with van der Waals surface area (Å²) >= 11 is 17.7. The van der Waals surface area contributed by atoms with Gasteiger partial charge in [-0.25, -0.2) is 0 Å². The Labute approximate surface area is 153 Å². The zero-order valence-electron chi connectivity index (χ0n) is 12.5. The smallest absolute Gasteiger partial charge is 0.262 e. The van der Waals surface area contributed by atoms with E-state index in [1.807, 2.05) is 0 Å². The molecule has 0 aromatic heterocycles. The van der Waals surface area contributed by atoms with Crippen LogP contribution in [0.1, 0.15) is 6.92 Å². The highest BCUT2D eigenvalue weighted by Crippen LogP contribution is 2.32. The summed E-state index contributed by atoms with van der Waals surface area (Å²) in [6.07, 6.45) is 0. The number of carbonyl (C=O) groups excluding carboxylic acids is 2. The molecule has 126 valence electrons. The minimum Gasteiger partial charge on any atom is -0.484 e. The van der Waals surface area contributed by atoms with E-state index in [0.717, 1.165) is 0 Å². The second kappa shape index (κ2) is 8.24. The predicted molar refractivity (Wildman–Crippen MR) is 96.3 cm³/mol. The third-order valence-electron chi connectivity index (χ3n) is 2.81. The molecule has 0 aliphatic carbocycles. The Morgan fingerprint density at radius 2 is 1.71 bits per heavy atom. The molecule has 0 unspecified atom stereocenters. The van der Waals surface area contributed by atoms with Crippen LogP contribution in [0.5, 0.6) is 5.75 Å². The fourth-order valence-electron chi connectivity index (χ4n) is 1.82. The first-order chi connectivity index (χ1) is 11.3. The van der Waals surface area contributed by atoms with Crippen molar-refractivity contribution >= 4 is 58.0 Å². The Morgan fingerprint density at radius 3 is 2.42 bits per heavy atom. The zero-order valence-corrected chi connectivity index (χ0v) is 14.8. The molecule has 5 nitrogen and oxygen atoms in total. The van der Waals surface area contributed by atoms with Crippen molar-refractivity contribution in [3.8, 4) is 5.75 Å². The molecule has 0 aliphatic rings. The van der Waals surface area contributed by atoms with Crippen LogP contribution in [0.4, 0.5) is 11.4 Å². The van der Waals surface area contributed by atoms with Gasteiger partial charge in [-0.15, -0.1) is 0 Å². The number of anilines is 2. The second-order valence-electron chi connectivity index (χ2n) is 4.79. The fraction of sp³-hybridized carbons (Fsp3) is 0.125. The normalized spacial score (nSPS) is 10.2. The lowest BCUT2D eigenvalue weighted by Crippen LogP contribution is -2.20. The van der Waals surface area contributed by atoms with E-state index < -0.39 is 5.91 Å². The molecule has 0 atom stereocenters. The third kappa shape index (κ3) is 5.30. The lowest BCUT2D eigenvalue weighted by Gasteiger charge is -2.10. The van der Waals surface area contributed by atoms with Crippen LogP contribution in [0.25, 0.3) is 0 Å². The van der Waals surface area contributed by atoms with Crippen LogP contribution >= 0.6 is 34.8 Å². The molecule has 0 spiro atoms. The Morgan fingerprint density at radius 1 is 1.00 bits per heavy atom. The van der Waals surface area contributed by atoms with Gasteiger partial charge in [-0.05, 0) is 24.3 Å². The summed E-state index contributed by atoms with van der Waals surface area (Å²) in [4.78, 5) is 23.0. The van der Waals surface area contributed by atoms with E-state index in [2.05, 4.69) is 10.6 Å². The molecule has 0 saturated heterocycles. The van der Waals surface area contributed by atoms with Gasteiger partial charge in [0.15, 0.2) is 6.61 Å². The number of halogens is 3. The van der Waals surface area contributed by atoms with Crippen molar-refractivity contribution in [2.45, 2.75) is 6.92 Å². The first kappa shape index (κ1) is 18.4. The monoisotopic (exact) mass is 386 g/mol. The minimum absolute atomic E-state index is 0.195. The molecule has 0 saturated carbocycles. The molecule has 8 heteroatoms. The predicted octanol–water partition coefficient (Wildman–Crippen LogP) is 4.62. The molecule has 2 aromatic carbocycles. The Kier molecular flexibility index (Phi) is 6.31. The summed E-state index contributed by atoms with van der Waals surface area (Å²) < 4.78 is 5.39. The molecule has 0 heterocycles. The van der Waals surface area contributed by atoms with Crippen LogP contribution in [0.3, 0.4) is 0 Å². The quantitative estimate of drug-likeness (QED) is 0.735. The van der Waals surface area contributed by atoms with Gasteiger partial charge in [-0.3, -0.25) is 9.59 Å². The Hall–Kier alpha value is -1.95. The van der Waals surface area contributed by atoms with E-state index in [9.17, 15) is 9.59 Å². The van der Waals surface area contributed by atoms with E-state index >= 15 is 0 Å². The maximum absolute atomic E-state index is 12.0. The lowest BCUT2D eigenvalue weighted by atomic mass is 10.3. The molecule has 0 radical (unpaired) electrons. The molecule has 24 heavy (non-hydrogen) atoms. The van der Waals surface area contributed by atoms with Crippen LogP contribution in [0, 0.1) is 0 Å². The summed E-state index contributed by atoms with van der Waals surface area (Å²) in [6.45, 7) is 1.17. The molecule has 2 aromatic rings. The molecule has 2 amide bonds. The Bertz CT molecular complexity index is 781. The first-order valence-corrected chi connectivity index (χ1v) is 7.93. The number of rotatable bonds is 5.